The molecule has 2 aromatic carbocycles. The van der Waals surface area contributed by atoms with Gasteiger partial charge in [-0.1, -0.05) is 23.8 Å². The SMILES string of the molecule is CCOC[C@@]1(CN)[C@@H](c2ccc3c(c2)OCO3)[C@@H]1S(=O)(=O)c1ccc(C)cc1. The van der Waals surface area contributed by atoms with Gasteiger partial charge in [0.1, 0.15) is 0 Å². The van der Waals surface area contributed by atoms with Crippen LogP contribution in [0.2, 0.25) is 0 Å². The molecule has 1 saturated carbocycles. The molecule has 4 rings (SSSR count). The normalized spacial score (nSPS) is 25.7. The second-order valence-electron chi connectivity index (χ2n) is 7.44. The van der Waals surface area contributed by atoms with Gasteiger partial charge >= 0.3 is 0 Å². The average molecular weight is 404 g/mol. The van der Waals surface area contributed by atoms with Gasteiger partial charge in [0.25, 0.3) is 0 Å². The lowest BCUT2D eigenvalue weighted by molar-refractivity contribution is 0.101. The molecular formula is C21H25NO5S. The van der Waals surface area contributed by atoms with E-state index in [1.54, 1.807) is 12.1 Å². The minimum atomic E-state index is -3.58. The second kappa shape index (κ2) is 7.06. The maximum absolute atomic E-state index is 13.5. The molecule has 150 valence electrons. The van der Waals surface area contributed by atoms with E-state index in [2.05, 4.69) is 0 Å². The van der Waals surface area contributed by atoms with Crippen molar-refractivity contribution in [3.63, 3.8) is 0 Å². The van der Waals surface area contributed by atoms with E-state index in [4.69, 9.17) is 19.9 Å². The van der Waals surface area contributed by atoms with E-state index in [0.717, 1.165) is 11.1 Å². The zero-order valence-electron chi connectivity index (χ0n) is 16.1. The van der Waals surface area contributed by atoms with Crippen LogP contribution in [0.4, 0.5) is 0 Å². The number of aryl methyl sites for hydroxylation is 1. The van der Waals surface area contributed by atoms with Gasteiger partial charge in [0.05, 0.1) is 16.8 Å². The van der Waals surface area contributed by atoms with E-state index in [9.17, 15) is 8.42 Å². The van der Waals surface area contributed by atoms with Crippen LogP contribution in [0.3, 0.4) is 0 Å². The van der Waals surface area contributed by atoms with Crippen LogP contribution < -0.4 is 15.2 Å². The topological polar surface area (TPSA) is 87.8 Å². The summed E-state index contributed by atoms with van der Waals surface area (Å²) in [6.07, 6.45) is 0. The zero-order valence-corrected chi connectivity index (χ0v) is 16.9. The molecule has 0 aromatic heterocycles. The van der Waals surface area contributed by atoms with Crippen LogP contribution in [0, 0.1) is 12.3 Å². The molecule has 0 unspecified atom stereocenters. The lowest BCUT2D eigenvalue weighted by atomic mass is 9.99. The van der Waals surface area contributed by atoms with Gasteiger partial charge in [-0.15, -0.1) is 0 Å². The van der Waals surface area contributed by atoms with Crippen LogP contribution in [0.25, 0.3) is 0 Å². The maximum atomic E-state index is 13.5. The molecule has 1 aliphatic heterocycles. The summed E-state index contributed by atoms with van der Waals surface area (Å²) in [6.45, 7) is 5.03. The Morgan fingerprint density at radius 2 is 1.86 bits per heavy atom. The van der Waals surface area contributed by atoms with Gasteiger partial charge in [-0.05, 0) is 43.7 Å². The highest BCUT2D eigenvalue weighted by atomic mass is 32.2. The van der Waals surface area contributed by atoms with Crippen molar-refractivity contribution in [3.8, 4) is 11.5 Å². The van der Waals surface area contributed by atoms with Crippen LogP contribution >= 0.6 is 0 Å². The number of ether oxygens (including phenoxy) is 3. The van der Waals surface area contributed by atoms with E-state index in [-0.39, 0.29) is 19.3 Å². The molecule has 1 heterocycles. The standard InChI is InChI=1S/C21H25NO5S/c1-3-25-12-21(11-22)19(15-6-9-17-18(10-15)27-13-26-17)20(21)28(23,24)16-7-4-14(2)5-8-16/h4-10,19-20H,3,11-13,22H2,1-2H3/t19-,20-,21-/m0/s1. The number of benzene rings is 2. The van der Waals surface area contributed by atoms with Crippen molar-refractivity contribution in [2.45, 2.75) is 29.9 Å². The molecule has 2 aromatic rings. The number of fused-ring (bicyclic) bond motifs is 1. The Balaban J connectivity index is 1.75. The molecule has 0 bridgehead atoms. The van der Waals surface area contributed by atoms with Crippen LogP contribution in [0.5, 0.6) is 11.5 Å². The van der Waals surface area contributed by atoms with E-state index < -0.39 is 20.5 Å². The van der Waals surface area contributed by atoms with Gasteiger partial charge in [0.15, 0.2) is 21.3 Å². The van der Waals surface area contributed by atoms with Crippen molar-refractivity contribution in [1.29, 1.82) is 0 Å². The molecule has 3 atom stereocenters. The molecule has 1 fully saturated rings. The number of hydrogen-bond donors (Lipinski definition) is 1. The fraction of sp³-hybridized carbons (Fsp3) is 0.429. The van der Waals surface area contributed by atoms with Gasteiger partial charge in [-0.25, -0.2) is 8.42 Å². The summed E-state index contributed by atoms with van der Waals surface area (Å²) in [5.41, 5.74) is 7.38. The van der Waals surface area contributed by atoms with Crippen molar-refractivity contribution in [2.24, 2.45) is 11.1 Å². The van der Waals surface area contributed by atoms with Crippen molar-refractivity contribution in [2.75, 3.05) is 26.6 Å². The summed E-state index contributed by atoms with van der Waals surface area (Å²) in [7, 11) is -3.58. The Bertz CT molecular complexity index is 973. The fourth-order valence-electron chi connectivity index (χ4n) is 4.20. The van der Waals surface area contributed by atoms with Crippen LogP contribution in [0.1, 0.15) is 24.0 Å². The van der Waals surface area contributed by atoms with Crippen LogP contribution in [-0.2, 0) is 14.6 Å². The highest BCUT2D eigenvalue weighted by Gasteiger charge is 2.70. The first-order chi connectivity index (χ1) is 13.4. The van der Waals surface area contributed by atoms with Crippen molar-refractivity contribution < 1.29 is 22.6 Å². The predicted molar refractivity (Wildman–Crippen MR) is 105 cm³/mol. The van der Waals surface area contributed by atoms with Crippen LogP contribution in [-0.4, -0.2) is 40.2 Å². The molecule has 6 nitrogen and oxygen atoms in total. The number of rotatable bonds is 7. The summed E-state index contributed by atoms with van der Waals surface area (Å²) in [5.74, 6) is 1.05. The summed E-state index contributed by atoms with van der Waals surface area (Å²) in [5, 5.41) is -0.639. The summed E-state index contributed by atoms with van der Waals surface area (Å²) >= 11 is 0. The maximum Gasteiger partial charge on any atom is 0.231 e. The molecular weight excluding hydrogens is 378 g/mol. The molecule has 1 aliphatic carbocycles. The Kier molecular flexibility index (Phi) is 4.85. The first-order valence-electron chi connectivity index (χ1n) is 9.42. The summed E-state index contributed by atoms with van der Waals surface area (Å²) in [6, 6.07) is 12.6. The van der Waals surface area contributed by atoms with Gasteiger partial charge in [-0.3, -0.25) is 0 Å². The lowest BCUT2D eigenvalue weighted by Gasteiger charge is -2.16. The third-order valence-electron chi connectivity index (χ3n) is 5.77. The zero-order chi connectivity index (χ0) is 19.9. The molecule has 28 heavy (non-hydrogen) atoms. The summed E-state index contributed by atoms with van der Waals surface area (Å²) < 4.78 is 43.5. The third kappa shape index (κ3) is 2.98. The highest BCUT2D eigenvalue weighted by molar-refractivity contribution is 7.92. The van der Waals surface area contributed by atoms with E-state index in [1.165, 1.54) is 0 Å². The predicted octanol–water partition coefficient (Wildman–Crippen LogP) is 2.65. The Morgan fingerprint density at radius 1 is 1.14 bits per heavy atom. The second-order valence-corrected chi connectivity index (χ2v) is 9.51. The summed E-state index contributed by atoms with van der Waals surface area (Å²) in [4.78, 5) is 0.320. The molecule has 7 heteroatoms. The molecule has 0 spiro atoms. The van der Waals surface area contributed by atoms with Gasteiger partial charge in [0.2, 0.25) is 6.79 Å². The first kappa shape index (κ1) is 19.2. The molecule has 0 radical (unpaired) electrons. The van der Waals surface area contributed by atoms with E-state index in [0.29, 0.717) is 29.6 Å². The largest absolute Gasteiger partial charge is 0.454 e. The van der Waals surface area contributed by atoms with Gasteiger partial charge in [-0.2, -0.15) is 0 Å². The first-order valence-corrected chi connectivity index (χ1v) is 11.0. The lowest BCUT2D eigenvalue weighted by Crippen LogP contribution is -2.29. The highest BCUT2D eigenvalue weighted by Crippen LogP contribution is 2.64. The monoisotopic (exact) mass is 403 g/mol. The smallest absolute Gasteiger partial charge is 0.231 e. The Labute approximate surface area is 165 Å². The number of nitrogens with two attached hydrogens (primary N) is 1. The minimum absolute atomic E-state index is 0.176. The average Bonchev–Trinajstić information content (AvgIpc) is 3.15. The number of hydrogen-bond acceptors (Lipinski definition) is 6. The number of sulfone groups is 1. The molecule has 0 saturated heterocycles. The molecule has 2 aliphatic rings. The van der Waals surface area contributed by atoms with Gasteiger partial charge < -0.3 is 19.9 Å². The Morgan fingerprint density at radius 3 is 2.54 bits per heavy atom. The molecule has 0 amide bonds. The minimum Gasteiger partial charge on any atom is -0.454 e. The van der Waals surface area contributed by atoms with E-state index >= 15 is 0 Å². The fourth-order valence-corrected chi connectivity index (χ4v) is 6.64. The Hall–Kier alpha value is -2.09. The third-order valence-corrected chi connectivity index (χ3v) is 8.11. The van der Waals surface area contributed by atoms with Crippen molar-refractivity contribution >= 4 is 9.84 Å². The van der Waals surface area contributed by atoms with Crippen molar-refractivity contribution in [3.05, 3.63) is 53.6 Å². The van der Waals surface area contributed by atoms with E-state index in [1.807, 2.05) is 44.2 Å². The van der Waals surface area contributed by atoms with Crippen molar-refractivity contribution in [1.82, 2.24) is 0 Å². The van der Waals surface area contributed by atoms with Crippen LogP contribution in [0.15, 0.2) is 47.4 Å². The quantitative estimate of drug-likeness (QED) is 0.765. The molecule has 2 N–H and O–H groups in total. The van der Waals surface area contributed by atoms with Gasteiger partial charge in [0, 0.05) is 24.5 Å².